The molecule has 0 aromatic rings. The maximum Gasteiger partial charge on any atom is 0.431 e. The van der Waals surface area contributed by atoms with Crippen LogP contribution < -0.4 is 0 Å². The van der Waals surface area contributed by atoms with E-state index in [1.807, 2.05) is 0 Å². The summed E-state index contributed by atoms with van der Waals surface area (Å²) < 4.78 is 70.9. The topological polar surface area (TPSA) is 46.5 Å². The van der Waals surface area contributed by atoms with Crippen LogP contribution in [0.15, 0.2) is 12.2 Å². The molecule has 0 radical (unpaired) electrons. The smallest absolute Gasteiger partial charge is 0.431 e. The first-order chi connectivity index (χ1) is 9.42. The number of carbonyl (C=O) groups excluding carboxylic acids is 1. The van der Waals surface area contributed by atoms with Crippen LogP contribution >= 0.6 is 0 Å². The molecule has 8 heteroatoms. The maximum atomic E-state index is 14.2. The number of alkyl halides is 5. The lowest BCUT2D eigenvalue weighted by Crippen LogP contribution is -2.61. The highest BCUT2D eigenvalue weighted by Crippen LogP contribution is 2.47. The monoisotopic (exact) mass is 316 g/mol. The first kappa shape index (κ1) is 17.9. The fourth-order valence-electron chi connectivity index (χ4n) is 2.27. The third-order valence-electron chi connectivity index (χ3n) is 3.50. The average molecular weight is 316 g/mol. The second kappa shape index (κ2) is 5.90. The zero-order valence-corrected chi connectivity index (χ0v) is 11.5. The Kier molecular flexibility index (Phi) is 5.02. The van der Waals surface area contributed by atoms with Crippen LogP contribution in [0.2, 0.25) is 0 Å². The van der Waals surface area contributed by atoms with Crippen LogP contribution in [0.5, 0.6) is 0 Å². The van der Waals surface area contributed by atoms with Crippen LogP contribution in [-0.4, -0.2) is 34.9 Å². The lowest BCUT2D eigenvalue weighted by atomic mass is 9.78. The maximum absolute atomic E-state index is 14.2. The highest BCUT2D eigenvalue weighted by Gasteiger charge is 2.67. The van der Waals surface area contributed by atoms with Crippen molar-refractivity contribution in [2.45, 2.75) is 62.8 Å². The van der Waals surface area contributed by atoms with Crippen molar-refractivity contribution >= 4 is 5.97 Å². The largest absolute Gasteiger partial charge is 0.443 e. The van der Waals surface area contributed by atoms with E-state index in [4.69, 9.17) is 0 Å². The number of carbonyl (C=O) groups is 1. The molecule has 0 aromatic carbocycles. The molecule has 1 aliphatic carbocycles. The lowest BCUT2D eigenvalue weighted by Gasteiger charge is -2.42. The summed E-state index contributed by atoms with van der Waals surface area (Å²) in [5.41, 5.74) is -3.27. The van der Waals surface area contributed by atoms with E-state index >= 15 is 0 Å². The van der Waals surface area contributed by atoms with Gasteiger partial charge in [0.2, 0.25) is 0 Å². The minimum atomic E-state index is -5.50. The summed E-state index contributed by atoms with van der Waals surface area (Å²) in [6.45, 7) is 4.10. The third-order valence-corrected chi connectivity index (χ3v) is 3.50. The van der Waals surface area contributed by atoms with E-state index in [0.717, 1.165) is 6.92 Å². The predicted octanol–water partition coefficient (Wildman–Crippen LogP) is 3.37. The van der Waals surface area contributed by atoms with Crippen LogP contribution in [-0.2, 0) is 9.53 Å². The number of hydrogen-bond donors (Lipinski definition) is 1. The Balaban J connectivity index is 3.11. The number of ether oxygens (including phenoxy) is 1. The lowest BCUT2D eigenvalue weighted by molar-refractivity contribution is -0.320. The molecule has 122 valence electrons. The normalized spacial score (nSPS) is 20.7. The van der Waals surface area contributed by atoms with Crippen molar-refractivity contribution in [2.75, 3.05) is 0 Å². The molecule has 21 heavy (non-hydrogen) atoms. The van der Waals surface area contributed by atoms with E-state index in [1.54, 1.807) is 0 Å². The van der Waals surface area contributed by atoms with E-state index in [2.05, 4.69) is 11.3 Å². The summed E-state index contributed by atoms with van der Waals surface area (Å²) >= 11 is 0. The van der Waals surface area contributed by atoms with Gasteiger partial charge in [-0.05, 0) is 19.8 Å². The van der Waals surface area contributed by atoms with E-state index in [9.17, 15) is 31.9 Å². The van der Waals surface area contributed by atoms with Crippen LogP contribution in [0.1, 0.15) is 39.0 Å². The average Bonchev–Trinajstić information content (AvgIpc) is 2.34. The van der Waals surface area contributed by atoms with Gasteiger partial charge in [-0.2, -0.15) is 22.0 Å². The van der Waals surface area contributed by atoms with Crippen LogP contribution in [0, 0.1) is 0 Å². The third kappa shape index (κ3) is 3.72. The molecular formula is C13H17F5O3. The standard InChI is InChI=1S/C13H17F5O3/c1-8(2)9(19)21-10(13(16,17)18)12(14,15)11(20)6-4-3-5-7-11/h10,20H,1,3-7H2,2H3. The van der Waals surface area contributed by atoms with E-state index < -0.39 is 48.2 Å². The Morgan fingerprint density at radius 2 is 1.67 bits per heavy atom. The number of aliphatic hydroxyl groups is 1. The molecule has 0 spiro atoms. The first-order valence-corrected chi connectivity index (χ1v) is 6.45. The Labute approximate surface area is 118 Å². The summed E-state index contributed by atoms with van der Waals surface area (Å²) in [6, 6.07) is 0. The molecule has 1 rings (SSSR count). The molecule has 0 aliphatic heterocycles. The predicted molar refractivity (Wildman–Crippen MR) is 63.7 cm³/mol. The number of esters is 1. The zero-order valence-electron chi connectivity index (χ0n) is 11.5. The zero-order chi connectivity index (χ0) is 16.5. The van der Waals surface area contributed by atoms with Crippen LogP contribution in [0.25, 0.3) is 0 Å². The summed E-state index contributed by atoms with van der Waals surface area (Å²) in [5.74, 6) is -6.20. The van der Waals surface area contributed by atoms with Gasteiger partial charge in [-0.3, -0.25) is 0 Å². The van der Waals surface area contributed by atoms with Crippen LogP contribution in [0.3, 0.4) is 0 Å². The fraction of sp³-hybridized carbons (Fsp3) is 0.769. The quantitative estimate of drug-likeness (QED) is 0.491. The van der Waals surface area contributed by atoms with Gasteiger partial charge in [0.15, 0.2) is 0 Å². The van der Waals surface area contributed by atoms with Gasteiger partial charge in [-0.1, -0.05) is 25.8 Å². The van der Waals surface area contributed by atoms with Gasteiger partial charge >= 0.3 is 18.1 Å². The summed E-state index contributed by atoms with van der Waals surface area (Å²) in [7, 11) is 0. The van der Waals surface area contributed by atoms with Crippen molar-refractivity contribution in [1.29, 1.82) is 0 Å². The highest BCUT2D eigenvalue weighted by molar-refractivity contribution is 5.87. The van der Waals surface area contributed by atoms with Gasteiger partial charge < -0.3 is 9.84 Å². The van der Waals surface area contributed by atoms with E-state index in [1.165, 1.54) is 0 Å². The summed E-state index contributed by atoms with van der Waals surface area (Å²) in [6.07, 6.45) is -9.22. The Bertz CT molecular complexity index is 411. The van der Waals surface area contributed by atoms with Crippen molar-refractivity contribution < 1.29 is 36.6 Å². The fourth-order valence-corrected chi connectivity index (χ4v) is 2.27. The Morgan fingerprint density at radius 3 is 2.05 bits per heavy atom. The molecule has 1 N–H and O–H groups in total. The van der Waals surface area contributed by atoms with Gasteiger partial charge in [0.25, 0.3) is 6.10 Å². The minimum Gasteiger partial charge on any atom is -0.443 e. The number of halogens is 5. The molecule has 3 nitrogen and oxygen atoms in total. The summed E-state index contributed by atoms with van der Waals surface area (Å²) in [4.78, 5) is 11.2. The van der Waals surface area contributed by atoms with Crippen molar-refractivity contribution in [3.63, 3.8) is 0 Å². The molecule has 0 aromatic heterocycles. The molecular weight excluding hydrogens is 299 g/mol. The molecule has 1 fully saturated rings. The molecule has 1 unspecified atom stereocenters. The molecule has 0 saturated heterocycles. The Hall–Kier alpha value is -1.18. The van der Waals surface area contributed by atoms with E-state index in [-0.39, 0.29) is 12.8 Å². The van der Waals surface area contributed by atoms with Gasteiger partial charge in [-0.25, -0.2) is 4.79 Å². The first-order valence-electron chi connectivity index (χ1n) is 6.45. The van der Waals surface area contributed by atoms with Crippen molar-refractivity contribution in [1.82, 2.24) is 0 Å². The molecule has 0 bridgehead atoms. The molecule has 1 atom stereocenters. The van der Waals surface area contributed by atoms with E-state index in [0.29, 0.717) is 6.42 Å². The van der Waals surface area contributed by atoms with Crippen molar-refractivity contribution in [3.8, 4) is 0 Å². The minimum absolute atomic E-state index is 0.186. The molecule has 1 saturated carbocycles. The van der Waals surface area contributed by atoms with Crippen molar-refractivity contribution in [3.05, 3.63) is 12.2 Å². The van der Waals surface area contributed by atoms with Gasteiger partial charge in [-0.15, -0.1) is 0 Å². The molecule has 0 heterocycles. The van der Waals surface area contributed by atoms with Crippen LogP contribution in [0.4, 0.5) is 22.0 Å². The second-order valence-corrected chi connectivity index (χ2v) is 5.32. The Morgan fingerprint density at radius 1 is 1.19 bits per heavy atom. The molecule has 0 amide bonds. The van der Waals surface area contributed by atoms with Gasteiger partial charge in [0, 0.05) is 5.57 Å². The SMILES string of the molecule is C=C(C)C(=O)OC(C(F)(F)F)C(F)(F)C1(O)CCCCC1. The second-order valence-electron chi connectivity index (χ2n) is 5.32. The van der Waals surface area contributed by atoms with Crippen molar-refractivity contribution in [2.24, 2.45) is 0 Å². The summed E-state index contributed by atoms with van der Waals surface area (Å²) in [5, 5.41) is 9.92. The number of hydrogen-bond acceptors (Lipinski definition) is 3. The van der Waals surface area contributed by atoms with Gasteiger partial charge in [0.1, 0.15) is 5.60 Å². The van der Waals surface area contributed by atoms with Gasteiger partial charge in [0.05, 0.1) is 0 Å². The number of rotatable bonds is 4. The highest BCUT2D eigenvalue weighted by atomic mass is 19.4. The molecule has 1 aliphatic rings.